The van der Waals surface area contributed by atoms with Gasteiger partial charge in [0, 0.05) is 25.5 Å². The Morgan fingerprint density at radius 2 is 2.00 bits per heavy atom. The molecule has 1 unspecified atom stereocenters. The molecule has 1 aliphatic rings. The Hall–Kier alpha value is -0.570. The minimum Gasteiger partial charge on any atom is -0.374 e. The van der Waals surface area contributed by atoms with Crippen molar-refractivity contribution in [3.05, 3.63) is 35.4 Å². The average molecular weight is 254 g/mol. The second-order valence-electron chi connectivity index (χ2n) is 4.55. The van der Waals surface area contributed by atoms with Crippen LogP contribution in [0.15, 0.2) is 24.3 Å². The first-order valence-electron chi connectivity index (χ1n) is 6.29. The molecule has 94 valence electrons. The van der Waals surface area contributed by atoms with Gasteiger partial charge in [-0.25, -0.2) is 0 Å². The van der Waals surface area contributed by atoms with E-state index < -0.39 is 0 Å². The minimum atomic E-state index is 0.195. The van der Waals surface area contributed by atoms with Crippen LogP contribution in [-0.4, -0.2) is 36.6 Å². The Bertz CT molecular complexity index is 339. The highest BCUT2D eigenvalue weighted by molar-refractivity contribution is 6.18. The van der Waals surface area contributed by atoms with Gasteiger partial charge in [0.15, 0.2) is 0 Å². The lowest BCUT2D eigenvalue weighted by Gasteiger charge is -2.32. The lowest BCUT2D eigenvalue weighted by atomic mass is 10.1. The van der Waals surface area contributed by atoms with Gasteiger partial charge in [-0.2, -0.15) is 0 Å². The predicted octanol–water partition coefficient (Wildman–Crippen LogP) is 2.69. The first kappa shape index (κ1) is 12.9. The maximum atomic E-state index is 5.84. The van der Waals surface area contributed by atoms with Crippen molar-refractivity contribution in [3.63, 3.8) is 0 Å². The van der Waals surface area contributed by atoms with Gasteiger partial charge in [0.2, 0.25) is 0 Å². The number of hydrogen-bond acceptors (Lipinski definition) is 2. The molecule has 3 heteroatoms. The van der Waals surface area contributed by atoms with E-state index in [1.54, 1.807) is 0 Å². The molecule has 0 saturated carbocycles. The molecule has 0 spiro atoms. The SMILES string of the molecule is CCc1ccc(CN2CCOC(CCl)C2)cc1. The van der Waals surface area contributed by atoms with E-state index >= 15 is 0 Å². The van der Waals surface area contributed by atoms with Crippen LogP contribution >= 0.6 is 11.6 Å². The molecule has 0 N–H and O–H groups in total. The van der Waals surface area contributed by atoms with Gasteiger partial charge in [-0.1, -0.05) is 31.2 Å². The zero-order valence-corrected chi connectivity index (χ0v) is 11.1. The third-order valence-corrected chi connectivity index (χ3v) is 3.58. The topological polar surface area (TPSA) is 12.5 Å². The molecular weight excluding hydrogens is 234 g/mol. The molecule has 0 aliphatic carbocycles. The third kappa shape index (κ3) is 3.70. The highest BCUT2D eigenvalue weighted by Gasteiger charge is 2.19. The van der Waals surface area contributed by atoms with Crippen molar-refractivity contribution in [2.75, 3.05) is 25.6 Å². The molecule has 1 saturated heterocycles. The molecule has 0 amide bonds. The van der Waals surface area contributed by atoms with Crippen LogP contribution < -0.4 is 0 Å². The smallest absolute Gasteiger partial charge is 0.0837 e. The molecule has 0 aromatic heterocycles. The molecule has 1 aromatic rings. The third-order valence-electron chi connectivity index (χ3n) is 3.23. The van der Waals surface area contributed by atoms with Crippen LogP contribution in [0.2, 0.25) is 0 Å². The van der Waals surface area contributed by atoms with Crippen LogP contribution in [0, 0.1) is 0 Å². The summed E-state index contributed by atoms with van der Waals surface area (Å²) in [5.74, 6) is 0.589. The fourth-order valence-electron chi connectivity index (χ4n) is 2.16. The van der Waals surface area contributed by atoms with Crippen molar-refractivity contribution in [3.8, 4) is 0 Å². The van der Waals surface area contributed by atoms with Crippen LogP contribution in [0.1, 0.15) is 18.1 Å². The Kier molecular flexibility index (Phi) is 4.84. The molecular formula is C14H20ClNO. The van der Waals surface area contributed by atoms with Crippen molar-refractivity contribution in [2.45, 2.75) is 26.0 Å². The van der Waals surface area contributed by atoms with Crippen LogP contribution in [0.3, 0.4) is 0 Å². The minimum absolute atomic E-state index is 0.195. The molecule has 1 atom stereocenters. The van der Waals surface area contributed by atoms with E-state index in [-0.39, 0.29) is 6.10 Å². The zero-order valence-electron chi connectivity index (χ0n) is 10.4. The van der Waals surface area contributed by atoms with Crippen LogP contribution in [-0.2, 0) is 17.7 Å². The molecule has 1 heterocycles. The Labute approximate surface area is 109 Å². The summed E-state index contributed by atoms with van der Waals surface area (Å²) in [6.45, 7) is 5.93. The van der Waals surface area contributed by atoms with Crippen molar-refractivity contribution >= 4 is 11.6 Å². The standard InChI is InChI=1S/C14H20ClNO/c1-2-12-3-5-13(6-4-12)10-16-7-8-17-14(9-15)11-16/h3-6,14H,2,7-11H2,1H3. The van der Waals surface area contributed by atoms with E-state index in [1.165, 1.54) is 11.1 Å². The molecule has 2 rings (SSSR count). The molecule has 1 aliphatic heterocycles. The zero-order chi connectivity index (χ0) is 12.1. The van der Waals surface area contributed by atoms with Gasteiger partial charge < -0.3 is 4.74 Å². The Balaban J connectivity index is 1.90. The fraction of sp³-hybridized carbons (Fsp3) is 0.571. The number of halogens is 1. The van der Waals surface area contributed by atoms with Crippen LogP contribution in [0.4, 0.5) is 0 Å². The first-order chi connectivity index (χ1) is 8.31. The van der Waals surface area contributed by atoms with Gasteiger partial charge >= 0.3 is 0 Å². The van der Waals surface area contributed by atoms with E-state index in [4.69, 9.17) is 16.3 Å². The quantitative estimate of drug-likeness (QED) is 0.765. The predicted molar refractivity (Wildman–Crippen MR) is 71.6 cm³/mol. The van der Waals surface area contributed by atoms with Gasteiger partial charge in [-0.05, 0) is 17.5 Å². The number of hydrogen-bond donors (Lipinski definition) is 0. The summed E-state index contributed by atoms with van der Waals surface area (Å²) in [6.07, 6.45) is 1.30. The van der Waals surface area contributed by atoms with Gasteiger partial charge in [0.05, 0.1) is 12.7 Å². The van der Waals surface area contributed by atoms with Gasteiger partial charge in [-0.3, -0.25) is 4.90 Å². The number of benzene rings is 1. The molecule has 0 radical (unpaired) electrons. The van der Waals surface area contributed by atoms with E-state index in [2.05, 4.69) is 36.1 Å². The molecule has 2 nitrogen and oxygen atoms in total. The molecule has 1 aromatic carbocycles. The summed E-state index contributed by atoms with van der Waals surface area (Å²) >= 11 is 5.84. The van der Waals surface area contributed by atoms with Crippen molar-refractivity contribution in [1.82, 2.24) is 4.90 Å². The summed E-state index contributed by atoms with van der Waals surface area (Å²) in [5.41, 5.74) is 2.77. The number of morpholine rings is 1. The molecule has 17 heavy (non-hydrogen) atoms. The number of aryl methyl sites for hydroxylation is 1. The first-order valence-corrected chi connectivity index (χ1v) is 6.83. The summed E-state index contributed by atoms with van der Waals surface area (Å²) < 4.78 is 5.56. The summed E-state index contributed by atoms with van der Waals surface area (Å²) in [4.78, 5) is 2.41. The lowest BCUT2D eigenvalue weighted by molar-refractivity contribution is -0.0194. The number of ether oxygens (including phenoxy) is 1. The van der Waals surface area contributed by atoms with E-state index in [0.717, 1.165) is 32.7 Å². The number of alkyl halides is 1. The maximum Gasteiger partial charge on any atom is 0.0837 e. The van der Waals surface area contributed by atoms with Crippen LogP contribution in [0.25, 0.3) is 0 Å². The normalized spacial score (nSPS) is 21.6. The highest BCUT2D eigenvalue weighted by Crippen LogP contribution is 2.12. The van der Waals surface area contributed by atoms with Crippen molar-refractivity contribution in [1.29, 1.82) is 0 Å². The van der Waals surface area contributed by atoms with Crippen molar-refractivity contribution < 1.29 is 4.74 Å². The summed E-state index contributed by atoms with van der Waals surface area (Å²) in [5, 5.41) is 0. The lowest BCUT2D eigenvalue weighted by Crippen LogP contribution is -2.42. The monoisotopic (exact) mass is 253 g/mol. The number of rotatable bonds is 4. The summed E-state index contributed by atoms with van der Waals surface area (Å²) in [7, 11) is 0. The van der Waals surface area contributed by atoms with Crippen molar-refractivity contribution in [2.24, 2.45) is 0 Å². The second kappa shape index (κ2) is 6.39. The second-order valence-corrected chi connectivity index (χ2v) is 4.86. The molecule has 0 bridgehead atoms. The van der Waals surface area contributed by atoms with Gasteiger partial charge in [-0.15, -0.1) is 11.6 Å². The fourth-order valence-corrected chi connectivity index (χ4v) is 2.34. The highest BCUT2D eigenvalue weighted by atomic mass is 35.5. The maximum absolute atomic E-state index is 5.84. The van der Waals surface area contributed by atoms with Gasteiger partial charge in [0.1, 0.15) is 0 Å². The average Bonchev–Trinajstić information content (AvgIpc) is 2.40. The van der Waals surface area contributed by atoms with Crippen LogP contribution in [0.5, 0.6) is 0 Å². The van der Waals surface area contributed by atoms with E-state index in [1.807, 2.05) is 0 Å². The molecule has 1 fully saturated rings. The Morgan fingerprint density at radius 1 is 1.29 bits per heavy atom. The Morgan fingerprint density at radius 3 is 2.65 bits per heavy atom. The van der Waals surface area contributed by atoms with E-state index in [9.17, 15) is 0 Å². The van der Waals surface area contributed by atoms with E-state index in [0.29, 0.717) is 5.88 Å². The largest absolute Gasteiger partial charge is 0.374 e. The number of nitrogens with zero attached hydrogens (tertiary/aromatic N) is 1. The summed E-state index contributed by atoms with van der Waals surface area (Å²) in [6, 6.07) is 8.89. The van der Waals surface area contributed by atoms with Gasteiger partial charge in [0.25, 0.3) is 0 Å².